The minimum atomic E-state index is 0.0443. The molecule has 1 saturated carbocycles. The second-order valence-corrected chi connectivity index (χ2v) is 7.50. The van der Waals surface area contributed by atoms with Crippen LogP contribution in [0.4, 0.5) is 10.9 Å². The highest BCUT2D eigenvalue weighted by molar-refractivity contribution is 7.13. The van der Waals surface area contributed by atoms with Crippen molar-refractivity contribution in [2.24, 2.45) is 5.92 Å². The SMILES string of the molecule is O=C(Nc1nc(CC(=O)N2CCN(c3ccccn3)CC2)cs1)C1CC1. The number of carbonyl (C=O) groups excluding carboxylic acids is 2. The number of hydrogen-bond donors (Lipinski definition) is 1. The third-order valence-electron chi connectivity index (χ3n) is 4.67. The highest BCUT2D eigenvalue weighted by atomic mass is 32.1. The first-order chi connectivity index (χ1) is 12.7. The molecular formula is C18H21N5O2S. The van der Waals surface area contributed by atoms with Gasteiger partial charge in [0.25, 0.3) is 0 Å². The fraction of sp³-hybridized carbons (Fsp3) is 0.444. The Labute approximate surface area is 156 Å². The molecule has 2 aliphatic rings. The normalized spacial score (nSPS) is 17.2. The molecule has 2 aromatic rings. The Balaban J connectivity index is 1.27. The zero-order valence-electron chi connectivity index (χ0n) is 14.4. The Morgan fingerprint density at radius 3 is 2.69 bits per heavy atom. The van der Waals surface area contributed by atoms with Crippen LogP contribution in [0, 0.1) is 5.92 Å². The van der Waals surface area contributed by atoms with E-state index in [1.165, 1.54) is 11.3 Å². The number of carbonyl (C=O) groups is 2. The van der Waals surface area contributed by atoms with Gasteiger partial charge >= 0.3 is 0 Å². The summed E-state index contributed by atoms with van der Waals surface area (Å²) in [4.78, 5) is 37.1. The van der Waals surface area contributed by atoms with Gasteiger partial charge in [0.1, 0.15) is 5.82 Å². The third kappa shape index (κ3) is 4.01. The summed E-state index contributed by atoms with van der Waals surface area (Å²) in [6.07, 6.45) is 3.99. The van der Waals surface area contributed by atoms with Crippen LogP contribution in [0.1, 0.15) is 18.5 Å². The smallest absolute Gasteiger partial charge is 0.229 e. The fourth-order valence-electron chi connectivity index (χ4n) is 2.99. The van der Waals surface area contributed by atoms with E-state index < -0.39 is 0 Å². The van der Waals surface area contributed by atoms with Crippen LogP contribution in [0.25, 0.3) is 0 Å². The number of rotatable bonds is 5. The van der Waals surface area contributed by atoms with E-state index >= 15 is 0 Å². The Kier molecular flexibility index (Phi) is 4.83. The third-order valence-corrected chi connectivity index (χ3v) is 5.47. The first-order valence-corrected chi connectivity index (χ1v) is 9.76. The average Bonchev–Trinajstić information content (AvgIpc) is 3.44. The second-order valence-electron chi connectivity index (χ2n) is 6.64. The highest BCUT2D eigenvalue weighted by Crippen LogP contribution is 2.30. The number of aromatic nitrogens is 2. The van der Waals surface area contributed by atoms with E-state index in [9.17, 15) is 9.59 Å². The molecule has 1 N–H and O–H groups in total. The minimum absolute atomic E-state index is 0.0443. The molecule has 0 atom stereocenters. The molecule has 2 aromatic heterocycles. The predicted octanol–water partition coefficient (Wildman–Crippen LogP) is 1.78. The summed E-state index contributed by atoms with van der Waals surface area (Å²) in [5.41, 5.74) is 0.721. The van der Waals surface area contributed by atoms with Crippen LogP contribution in [0.15, 0.2) is 29.8 Å². The molecule has 26 heavy (non-hydrogen) atoms. The van der Waals surface area contributed by atoms with Crippen LogP contribution >= 0.6 is 11.3 Å². The van der Waals surface area contributed by atoms with E-state index in [4.69, 9.17) is 0 Å². The van der Waals surface area contributed by atoms with Crippen molar-refractivity contribution in [1.29, 1.82) is 0 Å². The predicted molar refractivity (Wildman–Crippen MR) is 100 cm³/mol. The maximum absolute atomic E-state index is 12.5. The molecule has 0 radical (unpaired) electrons. The van der Waals surface area contributed by atoms with Gasteiger partial charge in [0.15, 0.2) is 5.13 Å². The maximum atomic E-state index is 12.5. The van der Waals surface area contributed by atoms with Crippen molar-refractivity contribution in [3.05, 3.63) is 35.5 Å². The van der Waals surface area contributed by atoms with E-state index in [1.807, 2.05) is 28.5 Å². The standard InChI is InChI=1S/C18H21N5O2S/c24-16(11-14-12-26-18(20-14)21-17(25)13-4-5-13)23-9-7-22(8-10-23)15-3-1-2-6-19-15/h1-3,6,12-13H,4-5,7-11H2,(H,20,21,25). The zero-order valence-corrected chi connectivity index (χ0v) is 15.2. The topological polar surface area (TPSA) is 78.4 Å². The Morgan fingerprint density at radius 2 is 2.00 bits per heavy atom. The molecular weight excluding hydrogens is 350 g/mol. The molecule has 1 saturated heterocycles. The molecule has 7 nitrogen and oxygen atoms in total. The molecule has 136 valence electrons. The van der Waals surface area contributed by atoms with Gasteiger partial charge < -0.3 is 15.1 Å². The Morgan fingerprint density at radius 1 is 1.19 bits per heavy atom. The summed E-state index contributed by atoms with van der Waals surface area (Å²) in [5.74, 6) is 1.23. The van der Waals surface area contributed by atoms with Crippen molar-refractivity contribution in [2.75, 3.05) is 36.4 Å². The molecule has 0 aromatic carbocycles. The molecule has 3 heterocycles. The number of nitrogens with one attached hydrogen (secondary N) is 1. The lowest BCUT2D eigenvalue weighted by Gasteiger charge is -2.35. The summed E-state index contributed by atoms with van der Waals surface area (Å²) in [7, 11) is 0. The minimum Gasteiger partial charge on any atom is -0.353 e. The van der Waals surface area contributed by atoms with Gasteiger partial charge in [-0.1, -0.05) is 6.07 Å². The summed E-state index contributed by atoms with van der Waals surface area (Å²) in [6.45, 7) is 2.93. The number of piperazine rings is 1. The first-order valence-electron chi connectivity index (χ1n) is 8.88. The van der Waals surface area contributed by atoms with Crippen LogP contribution in [0.2, 0.25) is 0 Å². The van der Waals surface area contributed by atoms with Gasteiger partial charge in [-0.25, -0.2) is 9.97 Å². The lowest BCUT2D eigenvalue weighted by Crippen LogP contribution is -2.49. The average molecular weight is 371 g/mol. The van der Waals surface area contributed by atoms with Gasteiger partial charge in [-0.3, -0.25) is 9.59 Å². The number of hydrogen-bond acceptors (Lipinski definition) is 6. The van der Waals surface area contributed by atoms with Crippen LogP contribution in [-0.2, 0) is 16.0 Å². The molecule has 1 aliphatic heterocycles. The summed E-state index contributed by atoms with van der Waals surface area (Å²) in [6, 6.07) is 5.87. The van der Waals surface area contributed by atoms with Crippen molar-refractivity contribution in [2.45, 2.75) is 19.3 Å². The summed E-state index contributed by atoms with van der Waals surface area (Å²) >= 11 is 1.38. The van der Waals surface area contributed by atoms with Gasteiger partial charge in [0.2, 0.25) is 11.8 Å². The van der Waals surface area contributed by atoms with Crippen LogP contribution in [0.5, 0.6) is 0 Å². The van der Waals surface area contributed by atoms with Gasteiger partial charge in [0, 0.05) is 43.7 Å². The quantitative estimate of drug-likeness (QED) is 0.867. The molecule has 0 unspecified atom stereocenters. The maximum Gasteiger partial charge on any atom is 0.229 e. The van der Waals surface area contributed by atoms with Gasteiger partial charge in [-0.2, -0.15) is 0 Å². The number of anilines is 2. The van der Waals surface area contributed by atoms with Crippen molar-refractivity contribution in [3.8, 4) is 0 Å². The van der Waals surface area contributed by atoms with E-state index in [0.717, 1.165) is 37.4 Å². The highest BCUT2D eigenvalue weighted by Gasteiger charge is 2.30. The van der Waals surface area contributed by atoms with Gasteiger partial charge in [-0.05, 0) is 25.0 Å². The van der Waals surface area contributed by atoms with Crippen molar-refractivity contribution in [3.63, 3.8) is 0 Å². The van der Waals surface area contributed by atoms with E-state index in [-0.39, 0.29) is 24.2 Å². The zero-order chi connectivity index (χ0) is 17.9. The van der Waals surface area contributed by atoms with Crippen molar-refractivity contribution >= 4 is 34.1 Å². The lowest BCUT2D eigenvalue weighted by atomic mass is 10.2. The van der Waals surface area contributed by atoms with E-state index in [2.05, 4.69) is 20.2 Å². The van der Waals surface area contributed by atoms with E-state index in [0.29, 0.717) is 18.2 Å². The van der Waals surface area contributed by atoms with Gasteiger partial charge in [0.05, 0.1) is 12.1 Å². The number of pyridine rings is 1. The molecule has 8 heteroatoms. The van der Waals surface area contributed by atoms with Crippen molar-refractivity contribution in [1.82, 2.24) is 14.9 Å². The largest absolute Gasteiger partial charge is 0.353 e. The summed E-state index contributed by atoms with van der Waals surface area (Å²) < 4.78 is 0. The Bertz CT molecular complexity index is 782. The first kappa shape index (κ1) is 17.0. The van der Waals surface area contributed by atoms with Crippen LogP contribution in [-0.4, -0.2) is 52.9 Å². The summed E-state index contributed by atoms with van der Waals surface area (Å²) in [5, 5.41) is 5.27. The second kappa shape index (κ2) is 7.41. The molecule has 2 amide bonds. The Hall–Kier alpha value is -2.48. The molecule has 2 fully saturated rings. The number of nitrogens with zero attached hydrogens (tertiary/aromatic N) is 4. The molecule has 1 aliphatic carbocycles. The van der Waals surface area contributed by atoms with Crippen molar-refractivity contribution < 1.29 is 9.59 Å². The number of amides is 2. The molecule has 0 bridgehead atoms. The molecule has 0 spiro atoms. The van der Waals surface area contributed by atoms with Crippen LogP contribution in [0.3, 0.4) is 0 Å². The van der Waals surface area contributed by atoms with E-state index in [1.54, 1.807) is 6.20 Å². The van der Waals surface area contributed by atoms with Gasteiger partial charge in [-0.15, -0.1) is 11.3 Å². The number of thiazole rings is 1. The lowest BCUT2D eigenvalue weighted by molar-refractivity contribution is -0.130. The fourth-order valence-corrected chi connectivity index (χ4v) is 3.70. The monoisotopic (exact) mass is 371 g/mol. The molecule has 4 rings (SSSR count). The van der Waals surface area contributed by atoms with Crippen LogP contribution < -0.4 is 10.2 Å².